The molecule has 0 aliphatic carbocycles. The van der Waals surface area contributed by atoms with E-state index in [9.17, 15) is 14.9 Å². The highest BCUT2D eigenvalue weighted by Gasteiger charge is 2.15. The van der Waals surface area contributed by atoms with Crippen molar-refractivity contribution in [2.75, 3.05) is 18.5 Å². The zero-order chi connectivity index (χ0) is 16.7. The molecule has 0 atom stereocenters. The number of nitrogens with one attached hydrogen (secondary N) is 1. The first-order valence-corrected chi connectivity index (χ1v) is 6.86. The van der Waals surface area contributed by atoms with Crippen LogP contribution in [0.4, 0.5) is 11.5 Å². The Morgan fingerprint density at radius 3 is 3.00 bits per heavy atom. The molecule has 1 amide bonds. The van der Waals surface area contributed by atoms with Gasteiger partial charge in [-0.05, 0) is 18.6 Å². The highest BCUT2D eigenvalue weighted by atomic mass is 16.6. The van der Waals surface area contributed by atoms with E-state index in [2.05, 4.69) is 10.3 Å². The Morgan fingerprint density at radius 2 is 2.35 bits per heavy atom. The monoisotopic (exact) mass is 320 g/mol. The lowest BCUT2D eigenvalue weighted by atomic mass is 10.2. The van der Waals surface area contributed by atoms with Gasteiger partial charge in [-0.1, -0.05) is 0 Å². The van der Waals surface area contributed by atoms with Crippen LogP contribution in [0.2, 0.25) is 0 Å². The first-order valence-electron chi connectivity index (χ1n) is 6.86. The molecule has 0 radical (unpaired) electrons. The number of ether oxygens (including phenoxy) is 1. The zero-order valence-corrected chi connectivity index (χ0v) is 12.2. The van der Waals surface area contributed by atoms with Crippen LogP contribution in [0, 0.1) is 10.1 Å². The van der Waals surface area contributed by atoms with Crippen LogP contribution < -0.4 is 11.1 Å². The Labute approximate surface area is 131 Å². The summed E-state index contributed by atoms with van der Waals surface area (Å²) in [5.74, 6) is 0.179. The number of primary amides is 1. The average Bonchev–Trinajstić information content (AvgIpc) is 3.03. The van der Waals surface area contributed by atoms with Crippen molar-refractivity contribution in [3.63, 3.8) is 0 Å². The Kier molecular flexibility index (Phi) is 5.64. The number of hydrogen-bond acceptors (Lipinski definition) is 7. The van der Waals surface area contributed by atoms with Crippen LogP contribution in [0.25, 0.3) is 0 Å². The van der Waals surface area contributed by atoms with Crippen molar-refractivity contribution in [2.45, 2.75) is 13.0 Å². The minimum Gasteiger partial charge on any atom is -0.467 e. The van der Waals surface area contributed by atoms with Gasteiger partial charge in [0, 0.05) is 19.2 Å². The molecule has 9 heteroatoms. The van der Waals surface area contributed by atoms with Gasteiger partial charge in [0.2, 0.25) is 0 Å². The van der Waals surface area contributed by atoms with Crippen LogP contribution in [0.15, 0.2) is 35.1 Å². The maximum absolute atomic E-state index is 11.3. The third kappa shape index (κ3) is 4.78. The number of carbonyl (C=O) groups excluding carboxylic acids is 1. The van der Waals surface area contributed by atoms with Gasteiger partial charge in [0.05, 0.1) is 16.7 Å². The third-order valence-corrected chi connectivity index (χ3v) is 2.93. The summed E-state index contributed by atoms with van der Waals surface area (Å²) in [6.07, 6.45) is 3.30. The van der Waals surface area contributed by atoms with Crippen LogP contribution in [0.1, 0.15) is 22.5 Å². The number of furan rings is 1. The van der Waals surface area contributed by atoms with Gasteiger partial charge in [-0.15, -0.1) is 0 Å². The van der Waals surface area contributed by atoms with E-state index in [1.165, 1.54) is 0 Å². The fourth-order valence-corrected chi connectivity index (χ4v) is 1.83. The Morgan fingerprint density at radius 1 is 1.52 bits per heavy atom. The van der Waals surface area contributed by atoms with Crippen LogP contribution in [-0.2, 0) is 11.3 Å². The molecule has 9 nitrogen and oxygen atoms in total. The van der Waals surface area contributed by atoms with Gasteiger partial charge in [0.1, 0.15) is 24.4 Å². The van der Waals surface area contributed by atoms with E-state index in [1.54, 1.807) is 12.3 Å². The summed E-state index contributed by atoms with van der Waals surface area (Å²) >= 11 is 0. The van der Waals surface area contributed by atoms with Gasteiger partial charge in [0.15, 0.2) is 0 Å². The summed E-state index contributed by atoms with van der Waals surface area (Å²) in [4.78, 5) is 25.3. The number of nitrogens with two attached hydrogens (primary N) is 1. The van der Waals surface area contributed by atoms with E-state index in [4.69, 9.17) is 14.9 Å². The van der Waals surface area contributed by atoms with E-state index in [1.807, 2.05) is 6.07 Å². The highest BCUT2D eigenvalue weighted by Crippen LogP contribution is 2.18. The predicted molar refractivity (Wildman–Crippen MR) is 80.9 cm³/mol. The maximum atomic E-state index is 11.3. The molecule has 0 unspecified atom stereocenters. The topological polar surface area (TPSA) is 134 Å². The Balaban J connectivity index is 1.80. The van der Waals surface area contributed by atoms with E-state index in [0.29, 0.717) is 26.2 Å². The van der Waals surface area contributed by atoms with E-state index < -0.39 is 10.8 Å². The van der Waals surface area contributed by atoms with Crippen molar-refractivity contribution in [3.8, 4) is 0 Å². The van der Waals surface area contributed by atoms with E-state index >= 15 is 0 Å². The number of nitro groups is 1. The van der Waals surface area contributed by atoms with Crippen LogP contribution in [0.5, 0.6) is 0 Å². The first kappa shape index (κ1) is 16.4. The van der Waals surface area contributed by atoms with Crippen molar-refractivity contribution in [1.82, 2.24) is 4.98 Å². The number of hydrogen-bond donors (Lipinski definition) is 2. The minimum atomic E-state index is -0.780. The fraction of sp³-hybridized carbons (Fsp3) is 0.286. The molecule has 3 N–H and O–H groups in total. The number of nitrogens with zero attached hydrogens (tertiary/aromatic N) is 2. The molecule has 0 saturated carbocycles. The molecule has 0 aliphatic heterocycles. The molecule has 122 valence electrons. The summed E-state index contributed by atoms with van der Waals surface area (Å²) in [6.45, 7) is 1.34. The fourth-order valence-electron chi connectivity index (χ4n) is 1.83. The molecule has 0 aliphatic rings. The predicted octanol–water partition coefficient (Wildman–Crippen LogP) is 1.70. The third-order valence-electron chi connectivity index (χ3n) is 2.93. The second kappa shape index (κ2) is 7.90. The molecule has 23 heavy (non-hydrogen) atoms. The number of carbonyl (C=O) groups is 1. The standard InChI is InChI=1S/C14H16N4O5/c15-13(19)12-7-10(18(20)21)8-17-14(12)16-4-2-5-22-9-11-3-1-6-23-11/h1,3,6-8H,2,4-5,9H2,(H2,15,19)(H,16,17). The Hall–Kier alpha value is -2.94. The molecule has 2 heterocycles. The van der Waals surface area contributed by atoms with Gasteiger partial charge >= 0.3 is 0 Å². The smallest absolute Gasteiger partial charge is 0.288 e. The number of anilines is 1. The summed E-state index contributed by atoms with van der Waals surface area (Å²) in [5, 5.41) is 13.6. The van der Waals surface area contributed by atoms with Gasteiger partial charge in [-0.3, -0.25) is 14.9 Å². The Bertz CT molecular complexity index is 672. The molecule has 0 spiro atoms. The molecule has 2 aromatic heterocycles. The normalized spacial score (nSPS) is 10.4. The first-order chi connectivity index (χ1) is 11.1. The molecule has 2 rings (SSSR count). The summed E-state index contributed by atoms with van der Waals surface area (Å²) in [7, 11) is 0. The van der Waals surface area contributed by atoms with Gasteiger partial charge in [-0.2, -0.15) is 0 Å². The van der Waals surface area contributed by atoms with Crippen molar-refractivity contribution >= 4 is 17.4 Å². The lowest BCUT2D eigenvalue weighted by molar-refractivity contribution is -0.385. The molecule has 0 saturated heterocycles. The molecule has 0 bridgehead atoms. The highest BCUT2D eigenvalue weighted by molar-refractivity contribution is 5.98. The number of aromatic nitrogens is 1. The molecular weight excluding hydrogens is 304 g/mol. The zero-order valence-electron chi connectivity index (χ0n) is 12.2. The quantitative estimate of drug-likeness (QED) is 0.408. The SMILES string of the molecule is NC(=O)c1cc([N+](=O)[O-])cnc1NCCCOCc1ccco1. The molecule has 2 aromatic rings. The molecule has 0 aromatic carbocycles. The van der Waals surface area contributed by atoms with Gasteiger partial charge < -0.3 is 20.2 Å². The molecular formula is C14H16N4O5. The average molecular weight is 320 g/mol. The van der Waals surface area contributed by atoms with Crippen molar-refractivity contribution in [3.05, 3.63) is 52.1 Å². The molecule has 0 fully saturated rings. The summed E-state index contributed by atoms with van der Waals surface area (Å²) in [5.41, 5.74) is 4.91. The number of amides is 1. The second-order valence-corrected chi connectivity index (χ2v) is 4.62. The van der Waals surface area contributed by atoms with Crippen molar-refractivity contribution in [2.24, 2.45) is 5.73 Å². The minimum absolute atomic E-state index is 0.0179. The van der Waals surface area contributed by atoms with Crippen LogP contribution >= 0.6 is 0 Å². The van der Waals surface area contributed by atoms with Crippen LogP contribution in [0.3, 0.4) is 0 Å². The lowest BCUT2D eigenvalue weighted by Gasteiger charge is -2.08. The number of rotatable bonds is 9. The van der Waals surface area contributed by atoms with Crippen LogP contribution in [-0.4, -0.2) is 29.0 Å². The summed E-state index contributed by atoms with van der Waals surface area (Å²) < 4.78 is 10.5. The van der Waals surface area contributed by atoms with E-state index in [0.717, 1.165) is 18.0 Å². The van der Waals surface area contributed by atoms with Crippen molar-refractivity contribution < 1.29 is 18.9 Å². The largest absolute Gasteiger partial charge is 0.467 e. The summed E-state index contributed by atoms with van der Waals surface area (Å²) in [6, 6.07) is 4.70. The second-order valence-electron chi connectivity index (χ2n) is 4.62. The van der Waals surface area contributed by atoms with E-state index in [-0.39, 0.29) is 17.1 Å². The van der Waals surface area contributed by atoms with Gasteiger partial charge in [0.25, 0.3) is 11.6 Å². The number of pyridine rings is 1. The van der Waals surface area contributed by atoms with Crippen molar-refractivity contribution in [1.29, 1.82) is 0 Å². The maximum Gasteiger partial charge on any atom is 0.288 e. The lowest BCUT2D eigenvalue weighted by Crippen LogP contribution is -2.17. The van der Waals surface area contributed by atoms with Gasteiger partial charge in [-0.25, -0.2) is 4.98 Å².